The van der Waals surface area contributed by atoms with Gasteiger partial charge < -0.3 is 60.3 Å². The van der Waals surface area contributed by atoms with Gasteiger partial charge in [-0.05, 0) is 49.1 Å². The molecule has 78 heavy (non-hydrogen) atoms. The quantitative estimate of drug-likeness (QED) is 0.0123. The number of nitrogen functional groups attached to an aromatic ring is 2. The van der Waals surface area contributed by atoms with Crippen molar-refractivity contribution in [1.29, 1.82) is 0 Å². The molecular weight excluding hydrogens is 1140 g/mol. The molecule has 4 heterocycles. The first-order valence-electron chi connectivity index (χ1n) is 22.8. The van der Waals surface area contributed by atoms with Crippen LogP contribution in [0, 0.1) is 0 Å². The fourth-order valence-electron chi connectivity index (χ4n) is 8.28. The third-order valence-electron chi connectivity index (χ3n) is 11.7. The van der Waals surface area contributed by atoms with Crippen molar-refractivity contribution in [2.45, 2.75) is 72.9 Å². The van der Waals surface area contributed by atoms with Crippen LogP contribution < -0.4 is 33.1 Å². The van der Waals surface area contributed by atoms with Gasteiger partial charge in [-0.1, -0.05) is 31.0 Å². The van der Waals surface area contributed by atoms with Crippen molar-refractivity contribution in [3.63, 3.8) is 0 Å². The Bertz CT molecular complexity index is 3770. The number of nitrogens with one attached hydrogen (secondary N) is 2. The molecule has 424 valence electrons. The molecule has 2 aliphatic heterocycles. The number of benzene rings is 3. The van der Waals surface area contributed by atoms with Crippen molar-refractivity contribution >= 4 is 89.3 Å². The molecule has 1 fully saturated rings. The van der Waals surface area contributed by atoms with E-state index in [1.807, 2.05) is 0 Å². The molecule has 1 saturated heterocycles. The number of aliphatic hydroxyl groups excluding tert-OH is 2. The molecule has 14 N–H and O–H groups in total. The Kier molecular flexibility index (Phi) is 18.0. The molecule has 7 atom stereocenters. The number of anilines is 2. The van der Waals surface area contributed by atoms with Gasteiger partial charge in [0.1, 0.15) is 33.3 Å². The zero-order chi connectivity index (χ0) is 57.3. The van der Waals surface area contributed by atoms with Gasteiger partial charge in [0.25, 0.3) is 11.5 Å². The van der Waals surface area contributed by atoms with Crippen molar-refractivity contribution in [2.75, 3.05) is 44.8 Å². The number of carbonyl (C=O) groups excluding carboxylic acids is 2. The number of amides is 2. The monoisotopic (exact) mass is 1190 g/mol. The molecule has 3 unspecified atom stereocenters. The third-order valence-corrected chi connectivity index (χ3v) is 17.9. The van der Waals surface area contributed by atoms with E-state index in [9.17, 15) is 78.9 Å². The summed E-state index contributed by atoms with van der Waals surface area (Å²) in [5.74, 6) is -1.89. The Morgan fingerprint density at radius 3 is 2.28 bits per heavy atom. The van der Waals surface area contributed by atoms with Crippen molar-refractivity contribution in [2.24, 2.45) is 0 Å². The molecule has 2 aromatic carbocycles. The van der Waals surface area contributed by atoms with Gasteiger partial charge in [-0.3, -0.25) is 42.9 Å². The first-order valence-corrected chi connectivity index (χ1v) is 30.1. The Morgan fingerprint density at radius 2 is 1.59 bits per heavy atom. The highest BCUT2D eigenvalue weighted by Crippen LogP contribution is 2.67. The summed E-state index contributed by atoms with van der Waals surface area (Å²) in [7, 11) is -26.0. The van der Waals surface area contributed by atoms with E-state index in [0.717, 1.165) is 23.0 Å². The Labute approximate surface area is 440 Å². The molecule has 37 heteroatoms. The maximum Gasteiger partial charge on any atom is 0.490 e. The second kappa shape index (κ2) is 23.5. The number of phosphoric acid groups is 3. The lowest BCUT2D eigenvalue weighted by atomic mass is 9.90. The van der Waals surface area contributed by atoms with Gasteiger partial charge in [0, 0.05) is 54.7 Å². The number of ether oxygens (including phenoxy) is 1. The van der Waals surface area contributed by atoms with E-state index in [2.05, 4.69) is 37.9 Å². The average molecular weight is 1190 g/mol. The Morgan fingerprint density at radius 1 is 0.910 bits per heavy atom. The second-order valence-corrected chi connectivity index (χ2v) is 24.6. The highest BCUT2D eigenvalue weighted by molar-refractivity contribution is 7.86. The number of aromatic amines is 1. The van der Waals surface area contributed by atoms with Crippen LogP contribution >= 0.6 is 23.5 Å². The zero-order valence-electron chi connectivity index (χ0n) is 40.4. The summed E-state index contributed by atoms with van der Waals surface area (Å²) in [6.45, 7) is -1.31. The summed E-state index contributed by atoms with van der Waals surface area (Å²) in [5, 5.41) is 29.1. The van der Waals surface area contributed by atoms with Crippen LogP contribution in [0.4, 0.5) is 11.6 Å². The molecule has 32 nitrogen and oxygen atoms in total. The second-order valence-electron chi connectivity index (χ2n) is 17.3. The Hall–Kier alpha value is -5.87. The lowest BCUT2D eigenvalue weighted by Gasteiger charge is -2.23. The molecule has 3 aliphatic rings. The fraction of sp³-hybridized carbons (Fsp3) is 0.366. The number of fused-ring (bicyclic) bond motifs is 3. The lowest BCUT2D eigenvalue weighted by Crippen LogP contribution is -2.47. The van der Waals surface area contributed by atoms with Gasteiger partial charge >= 0.3 is 33.6 Å². The SMILES string of the molecule is CN(CCCC(=O)NCCCCCCOP(=O)(O)OP(=O)(O)OP(=O)(O)OC[C@H]1O[C@@H](n2cnc3c(=O)[nH]c(N)nc32)[C@H](O)[C@@H]1O)C(=O)c1ccccc1-c1c2ccc(=[NH2+])c(S(=O)(=O)O)c-2oc2c(S(=O)(=O)[O-])c(N)ccc12. The van der Waals surface area contributed by atoms with E-state index in [0.29, 0.717) is 19.3 Å². The van der Waals surface area contributed by atoms with Crippen LogP contribution in [0.5, 0.6) is 0 Å². The number of aromatic nitrogens is 4. The highest BCUT2D eigenvalue weighted by atomic mass is 32.2. The summed E-state index contributed by atoms with van der Waals surface area (Å²) in [5.41, 5.74) is 9.32. The van der Waals surface area contributed by atoms with Gasteiger partial charge in [-0.25, -0.2) is 27.1 Å². The van der Waals surface area contributed by atoms with Crippen LogP contribution in [0.1, 0.15) is 55.1 Å². The number of H-pyrrole nitrogens is 1. The maximum atomic E-state index is 14.0. The molecule has 2 aromatic heterocycles. The molecule has 1 aliphatic carbocycles. The number of imidazole rings is 1. The van der Waals surface area contributed by atoms with Crippen molar-refractivity contribution < 1.29 is 106 Å². The molecule has 2 amide bonds. The normalized spacial score (nSPS) is 19.4. The minimum Gasteiger partial charge on any atom is -0.744 e. The highest BCUT2D eigenvalue weighted by Gasteiger charge is 2.47. The zero-order valence-corrected chi connectivity index (χ0v) is 44.7. The predicted molar refractivity (Wildman–Crippen MR) is 265 cm³/mol. The summed E-state index contributed by atoms with van der Waals surface area (Å²) < 4.78 is 140. The summed E-state index contributed by atoms with van der Waals surface area (Å²) in [4.78, 5) is 78.2. The van der Waals surface area contributed by atoms with E-state index < -0.39 is 125 Å². The number of hydrogen-bond donors (Lipinski definition) is 11. The summed E-state index contributed by atoms with van der Waals surface area (Å²) >= 11 is 0. The number of carbonyl (C=O) groups is 2. The summed E-state index contributed by atoms with van der Waals surface area (Å²) in [6.07, 6.45) is -4.13. The number of rotatable bonds is 24. The smallest absolute Gasteiger partial charge is 0.490 e. The molecule has 0 bridgehead atoms. The van der Waals surface area contributed by atoms with Gasteiger partial charge in [0.15, 0.2) is 28.7 Å². The van der Waals surface area contributed by atoms with Gasteiger partial charge in [0.2, 0.25) is 22.1 Å². The van der Waals surface area contributed by atoms with Gasteiger partial charge in [-0.2, -0.15) is 22.0 Å². The predicted octanol–water partition coefficient (Wildman–Crippen LogP) is -0.172. The molecule has 0 radical (unpaired) electrons. The van der Waals surface area contributed by atoms with Crippen LogP contribution in [0.25, 0.3) is 44.6 Å². The van der Waals surface area contributed by atoms with Crippen molar-refractivity contribution in [3.8, 4) is 22.5 Å². The minimum absolute atomic E-state index is 0.0225. The average Bonchev–Trinajstić information content (AvgIpc) is 4.03. The fourth-order valence-corrected chi connectivity index (χ4v) is 13.3. The number of hydrogen-bond acceptors (Lipinski definition) is 23. The lowest BCUT2D eigenvalue weighted by molar-refractivity contribution is -0.176. The van der Waals surface area contributed by atoms with E-state index >= 15 is 0 Å². The van der Waals surface area contributed by atoms with E-state index in [1.54, 1.807) is 0 Å². The number of aliphatic hydroxyl groups is 2. The van der Waals surface area contributed by atoms with Crippen molar-refractivity contribution in [1.82, 2.24) is 29.7 Å². The van der Waals surface area contributed by atoms with Crippen LogP contribution in [-0.2, 0) is 61.1 Å². The Balaban J connectivity index is 0.838. The van der Waals surface area contributed by atoms with Crippen LogP contribution in [0.3, 0.4) is 0 Å². The minimum atomic E-state index is -5.88. The van der Waals surface area contributed by atoms with Crippen molar-refractivity contribution in [3.05, 3.63) is 76.1 Å². The van der Waals surface area contributed by atoms with Crippen LogP contribution in [-0.4, -0.2) is 139 Å². The number of nitrogens with two attached hydrogens (primary N) is 3. The molecule has 7 rings (SSSR count). The third kappa shape index (κ3) is 13.7. The molecule has 0 spiro atoms. The molecular formula is C41H50N9O23P3S2. The number of phosphoric ester groups is 2. The largest absolute Gasteiger partial charge is 0.744 e. The van der Waals surface area contributed by atoms with Crippen LogP contribution in [0.15, 0.2) is 73.9 Å². The first kappa shape index (κ1) is 59.8. The summed E-state index contributed by atoms with van der Waals surface area (Å²) in [6, 6.07) is 10.9. The first-order chi connectivity index (χ1) is 36.4. The number of unbranched alkanes of at least 4 members (excludes halogenated alkanes) is 3. The topological polar surface area (TPSA) is 514 Å². The molecule has 0 saturated carbocycles. The standard InChI is InChI=1S/C41H50N9O23P3S2/c1-49(39(55)22-10-5-4-9-21(22)29-23-12-14-25(42)35(77(62,63)64)33(23)71-34-24(29)13-15-26(43)36(34)78(65,66)67)17-8-11-28(51)45-16-6-2-3-7-18-68-74(56,57)72-76(60,61)73-75(58,59)69-19-27-31(52)32(53)40(70-27)50-20-46-30-37(50)47-41(44)48-38(30)54/h4-5,9-10,12-15,20,27,31-32,40,42,52-53H,2-3,6-8,11,16-19,43H2,1H3,(H,45,51)(H,56,57)(H,58,59)(H,60,61)(H,62,63,64)(H,65,66,67)(H3,44,47,48,54)/t27-,31-,32-,40-/m1/s1. The van der Waals surface area contributed by atoms with Gasteiger partial charge in [0.05, 0.1) is 25.2 Å². The van der Waals surface area contributed by atoms with E-state index in [-0.39, 0.29) is 83.0 Å². The number of nitrogens with zero attached hydrogens (tertiary/aromatic N) is 4. The van der Waals surface area contributed by atoms with E-state index in [4.69, 9.17) is 26.0 Å². The van der Waals surface area contributed by atoms with Crippen LogP contribution in [0.2, 0.25) is 0 Å². The van der Waals surface area contributed by atoms with E-state index in [1.165, 1.54) is 48.3 Å². The maximum absolute atomic E-state index is 14.0. The molecule has 4 aromatic rings. The van der Waals surface area contributed by atoms with Gasteiger partial charge in [-0.15, -0.1) is 0 Å².